The molecule has 0 aliphatic heterocycles. The topological polar surface area (TPSA) is 71.1 Å². The highest BCUT2D eigenvalue weighted by molar-refractivity contribution is 6.03. The van der Waals surface area contributed by atoms with E-state index in [0.29, 0.717) is 11.3 Å². The van der Waals surface area contributed by atoms with Crippen LogP contribution in [0.5, 0.6) is 0 Å². The van der Waals surface area contributed by atoms with Gasteiger partial charge < -0.3 is 10.6 Å². The molecule has 0 radical (unpaired) electrons. The van der Waals surface area contributed by atoms with Crippen LogP contribution in [-0.2, 0) is 9.59 Å². The van der Waals surface area contributed by atoms with Gasteiger partial charge in [-0.15, -0.1) is 0 Å². The molecule has 1 aromatic carbocycles. The third-order valence-electron chi connectivity index (χ3n) is 3.20. The molecule has 0 saturated carbocycles. The lowest BCUT2D eigenvalue weighted by Crippen LogP contribution is -2.33. The van der Waals surface area contributed by atoms with Gasteiger partial charge in [0.1, 0.15) is 0 Å². The second kappa shape index (κ2) is 7.36. The summed E-state index contributed by atoms with van der Waals surface area (Å²) in [5, 5.41) is 6.27. The Labute approximate surface area is 129 Å². The van der Waals surface area contributed by atoms with Crippen molar-refractivity contribution in [3.8, 4) is 0 Å². The zero-order valence-corrected chi connectivity index (χ0v) is 12.7. The Morgan fingerprint density at radius 1 is 1.23 bits per heavy atom. The second-order valence-corrected chi connectivity index (χ2v) is 4.90. The van der Waals surface area contributed by atoms with Gasteiger partial charge in [-0.1, -0.05) is 19.1 Å². The van der Waals surface area contributed by atoms with Gasteiger partial charge in [0.2, 0.25) is 11.8 Å². The van der Waals surface area contributed by atoms with E-state index in [-0.39, 0.29) is 18.4 Å². The maximum Gasteiger partial charge on any atom is 0.247 e. The van der Waals surface area contributed by atoms with E-state index in [4.69, 9.17) is 0 Å². The van der Waals surface area contributed by atoms with Crippen molar-refractivity contribution in [1.82, 2.24) is 10.3 Å². The van der Waals surface area contributed by atoms with Crippen LogP contribution < -0.4 is 10.6 Å². The zero-order valence-electron chi connectivity index (χ0n) is 12.7. The van der Waals surface area contributed by atoms with Crippen LogP contribution in [0.1, 0.15) is 20.3 Å². The Morgan fingerprint density at radius 2 is 2.05 bits per heavy atom. The van der Waals surface area contributed by atoms with Crippen molar-refractivity contribution < 1.29 is 9.59 Å². The first-order chi connectivity index (χ1) is 10.6. The molecule has 0 aliphatic carbocycles. The molecule has 1 aromatic heterocycles. The van der Waals surface area contributed by atoms with Crippen LogP contribution in [0.15, 0.2) is 48.2 Å². The first-order valence-electron chi connectivity index (χ1n) is 7.20. The highest BCUT2D eigenvalue weighted by Gasteiger charge is 2.09. The Balaban J connectivity index is 2.00. The number of fused-ring (bicyclic) bond motifs is 1. The number of allylic oxidation sites excluding steroid dienone is 1. The molecule has 0 atom stereocenters. The SMILES string of the molecule is CC/C=C(\C)C(=O)NCC(=O)Nc1cccc2ncccc12. The summed E-state index contributed by atoms with van der Waals surface area (Å²) < 4.78 is 0. The van der Waals surface area contributed by atoms with Crippen molar-refractivity contribution in [3.63, 3.8) is 0 Å². The molecule has 2 amide bonds. The Kier molecular flexibility index (Phi) is 5.25. The summed E-state index contributed by atoms with van der Waals surface area (Å²) in [5.74, 6) is -0.495. The van der Waals surface area contributed by atoms with Crippen LogP contribution in [0.2, 0.25) is 0 Å². The minimum absolute atomic E-state index is 0.0651. The highest BCUT2D eigenvalue weighted by Crippen LogP contribution is 2.20. The van der Waals surface area contributed by atoms with E-state index in [9.17, 15) is 9.59 Å². The van der Waals surface area contributed by atoms with Gasteiger partial charge in [0.05, 0.1) is 17.7 Å². The molecule has 0 aliphatic rings. The summed E-state index contributed by atoms with van der Waals surface area (Å²) in [6.45, 7) is 3.62. The molecule has 114 valence electrons. The van der Waals surface area contributed by atoms with E-state index < -0.39 is 0 Å². The van der Waals surface area contributed by atoms with E-state index in [1.54, 1.807) is 13.1 Å². The van der Waals surface area contributed by atoms with Gasteiger partial charge in [-0.05, 0) is 37.6 Å². The van der Waals surface area contributed by atoms with Crippen LogP contribution >= 0.6 is 0 Å². The third kappa shape index (κ3) is 3.91. The van der Waals surface area contributed by atoms with Gasteiger partial charge in [-0.25, -0.2) is 0 Å². The summed E-state index contributed by atoms with van der Waals surface area (Å²) in [5.41, 5.74) is 2.11. The van der Waals surface area contributed by atoms with Crippen molar-refractivity contribution in [1.29, 1.82) is 0 Å². The predicted molar refractivity (Wildman–Crippen MR) is 87.4 cm³/mol. The van der Waals surface area contributed by atoms with Gasteiger partial charge in [-0.3, -0.25) is 14.6 Å². The number of aromatic nitrogens is 1. The Morgan fingerprint density at radius 3 is 2.82 bits per heavy atom. The maximum atomic E-state index is 12.0. The van der Waals surface area contributed by atoms with Crippen molar-refractivity contribution in [2.75, 3.05) is 11.9 Å². The Hall–Kier alpha value is -2.69. The third-order valence-corrected chi connectivity index (χ3v) is 3.20. The molecule has 0 bridgehead atoms. The van der Waals surface area contributed by atoms with E-state index in [2.05, 4.69) is 15.6 Å². The van der Waals surface area contributed by atoms with Crippen molar-refractivity contribution in [3.05, 3.63) is 48.2 Å². The molecule has 0 spiro atoms. The summed E-state index contributed by atoms with van der Waals surface area (Å²) in [6.07, 6.45) is 4.31. The van der Waals surface area contributed by atoms with E-state index in [1.165, 1.54) is 0 Å². The first kappa shape index (κ1) is 15.7. The molecular formula is C17H19N3O2. The van der Waals surface area contributed by atoms with E-state index in [1.807, 2.05) is 43.3 Å². The first-order valence-corrected chi connectivity index (χ1v) is 7.20. The van der Waals surface area contributed by atoms with Gasteiger partial charge in [0.15, 0.2) is 0 Å². The number of nitrogens with one attached hydrogen (secondary N) is 2. The lowest BCUT2D eigenvalue weighted by molar-refractivity contribution is -0.121. The Bertz CT molecular complexity index is 717. The van der Waals surface area contributed by atoms with Gasteiger partial charge >= 0.3 is 0 Å². The lowest BCUT2D eigenvalue weighted by atomic mass is 10.2. The van der Waals surface area contributed by atoms with Crippen LogP contribution in [0, 0.1) is 0 Å². The second-order valence-electron chi connectivity index (χ2n) is 4.90. The van der Waals surface area contributed by atoms with Crippen LogP contribution in [0.3, 0.4) is 0 Å². The molecule has 0 saturated heterocycles. The van der Waals surface area contributed by atoms with Gasteiger partial charge in [0, 0.05) is 17.2 Å². The number of carbonyl (C=O) groups excluding carboxylic acids is 2. The standard InChI is InChI=1S/C17H19N3O2/c1-3-6-12(2)17(22)19-11-16(21)20-15-9-4-8-14-13(15)7-5-10-18-14/h4-10H,3,11H2,1-2H3,(H,19,22)(H,20,21)/b12-6+. The fourth-order valence-electron chi connectivity index (χ4n) is 2.11. The summed E-state index contributed by atoms with van der Waals surface area (Å²) >= 11 is 0. The number of carbonyl (C=O) groups is 2. The number of hydrogen-bond acceptors (Lipinski definition) is 3. The number of amides is 2. The molecule has 2 aromatic rings. The molecule has 5 nitrogen and oxygen atoms in total. The zero-order chi connectivity index (χ0) is 15.9. The van der Waals surface area contributed by atoms with Gasteiger partial charge in [0.25, 0.3) is 0 Å². The largest absolute Gasteiger partial charge is 0.343 e. The highest BCUT2D eigenvalue weighted by atomic mass is 16.2. The average molecular weight is 297 g/mol. The van der Waals surface area contributed by atoms with Crippen LogP contribution in [-0.4, -0.2) is 23.3 Å². The number of benzene rings is 1. The molecular weight excluding hydrogens is 278 g/mol. The number of hydrogen-bond donors (Lipinski definition) is 2. The average Bonchev–Trinajstić information content (AvgIpc) is 2.53. The number of anilines is 1. The molecule has 2 N–H and O–H groups in total. The van der Waals surface area contributed by atoms with E-state index in [0.717, 1.165) is 17.3 Å². The van der Waals surface area contributed by atoms with Gasteiger partial charge in [-0.2, -0.15) is 0 Å². The molecule has 5 heteroatoms. The molecule has 1 heterocycles. The van der Waals surface area contributed by atoms with Crippen molar-refractivity contribution >= 4 is 28.4 Å². The van der Waals surface area contributed by atoms with Crippen LogP contribution in [0.25, 0.3) is 10.9 Å². The summed E-state index contributed by atoms with van der Waals surface area (Å²) in [6, 6.07) is 9.23. The van der Waals surface area contributed by atoms with Crippen LogP contribution in [0.4, 0.5) is 5.69 Å². The minimum atomic E-state index is -0.269. The molecule has 0 fully saturated rings. The normalized spacial score (nSPS) is 11.3. The van der Waals surface area contributed by atoms with Crippen molar-refractivity contribution in [2.24, 2.45) is 0 Å². The quantitative estimate of drug-likeness (QED) is 0.833. The molecule has 22 heavy (non-hydrogen) atoms. The number of rotatable bonds is 5. The van der Waals surface area contributed by atoms with E-state index >= 15 is 0 Å². The van der Waals surface area contributed by atoms with Crippen molar-refractivity contribution in [2.45, 2.75) is 20.3 Å². The molecule has 2 rings (SSSR count). The number of nitrogens with zero attached hydrogens (tertiary/aromatic N) is 1. The predicted octanol–water partition coefficient (Wildman–Crippen LogP) is 2.65. The smallest absolute Gasteiger partial charge is 0.247 e. The summed E-state index contributed by atoms with van der Waals surface area (Å²) in [7, 11) is 0. The monoisotopic (exact) mass is 297 g/mol. The lowest BCUT2D eigenvalue weighted by Gasteiger charge is -2.09. The fraction of sp³-hybridized carbons (Fsp3) is 0.235. The number of pyridine rings is 1. The minimum Gasteiger partial charge on any atom is -0.343 e. The maximum absolute atomic E-state index is 12.0. The summed E-state index contributed by atoms with van der Waals surface area (Å²) in [4.78, 5) is 27.9. The molecule has 0 unspecified atom stereocenters. The fourth-order valence-corrected chi connectivity index (χ4v) is 2.11.